The number of nitrogens with one attached hydrogen (secondary N) is 2. The highest BCUT2D eigenvalue weighted by Crippen LogP contribution is 2.29. The Morgan fingerprint density at radius 2 is 1.79 bits per heavy atom. The Hall–Kier alpha value is -2.45. The summed E-state index contributed by atoms with van der Waals surface area (Å²) in [6, 6.07) is 9.03. The average molecular weight is 482 g/mol. The molecule has 1 unspecified atom stereocenters. The first-order chi connectivity index (χ1) is 16.7. The number of amides is 2. The number of hydrogen-bond donors (Lipinski definition) is 2. The number of aryl methyl sites for hydroxylation is 1. The van der Waals surface area contributed by atoms with Crippen LogP contribution in [0.3, 0.4) is 0 Å². The van der Waals surface area contributed by atoms with E-state index in [0.29, 0.717) is 44.5 Å². The number of aromatic nitrogens is 1. The van der Waals surface area contributed by atoms with Gasteiger partial charge >= 0.3 is 0 Å². The molecule has 1 aliphatic heterocycles. The van der Waals surface area contributed by atoms with Crippen LogP contribution in [0.1, 0.15) is 72.6 Å². The molecule has 3 aliphatic rings. The summed E-state index contributed by atoms with van der Waals surface area (Å²) >= 11 is 1.52. The largest absolute Gasteiger partial charge is 0.359 e. The number of nitrogens with zero attached hydrogens (tertiary/aromatic N) is 3. The van der Waals surface area contributed by atoms with Crippen molar-refractivity contribution in [3.63, 3.8) is 0 Å². The monoisotopic (exact) mass is 481 g/mol. The van der Waals surface area contributed by atoms with E-state index in [1.807, 2.05) is 10.3 Å². The van der Waals surface area contributed by atoms with E-state index >= 15 is 0 Å². The molecule has 2 N–H and O–H groups in total. The molecule has 0 radical (unpaired) electrons. The maximum Gasteiger partial charge on any atom is 0.273 e. The van der Waals surface area contributed by atoms with Crippen LogP contribution in [-0.4, -0.2) is 65.4 Å². The summed E-state index contributed by atoms with van der Waals surface area (Å²) in [5.74, 6) is 0.0651. The lowest BCUT2D eigenvalue weighted by Crippen LogP contribution is -2.51. The predicted molar refractivity (Wildman–Crippen MR) is 135 cm³/mol. The highest BCUT2D eigenvalue weighted by Gasteiger charge is 2.27. The van der Waals surface area contributed by atoms with E-state index in [4.69, 9.17) is 0 Å². The smallest absolute Gasteiger partial charge is 0.273 e. The number of hydrogen-bond acceptors (Lipinski definition) is 6. The van der Waals surface area contributed by atoms with Gasteiger partial charge in [-0.25, -0.2) is 4.98 Å². The van der Waals surface area contributed by atoms with E-state index in [1.165, 1.54) is 54.6 Å². The van der Waals surface area contributed by atoms with Gasteiger partial charge < -0.3 is 15.5 Å². The molecule has 7 nitrogen and oxygen atoms in total. The molecule has 2 fully saturated rings. The number of fused-ring (bicyclic) bond motifs is 1. The fourth-order valence-electron chi connectivity index (χ4n) is 5.48. The van der Waals surface area contributed by atoms with E-state index in [0.717, 1.165) is 24.4 Å². The van der Waals surface area contributed by atoms with E-state index in [-0.39, 0.29) is 17.9 Å². The van der Waals surface area contributed by atoms with Gasteiger partial charge in [0.1, 0.15) is 5.69 Å². The second-order valence-electron chi connectivity index (χ2n) is 9.80. The quantitative estimate of drug-likeness (QED) is 0.656. The minimum absolute atomic E-state index is 0.00383. The topological polar surface area (TPSA) is 77.6 Å². The molecule has 1 atom stereocenters. The number of carbonyl (C=O) groups is 2. The first-order valence-electron chi connectivity index (χ1n) is 12.8. The van der Waals surface area contributed by atoms with Crippen molar-refractivity contribution >= 4 is 28.3 Å². The van der Waals surface area contributed by atoms with Gasteiger partial charge in [-0.3, -0.25) is 14.5 Å². The molecule has 0 bridgehead atoms. The van der Waals surface area contributed by atoms with Crippen LogP contribution in [0.2, 0.25) is 0 Å². The van der Waals surface area contributed by atoms with Crippen molar-refractivity contribution in [3.8, 4) is 0 Å². The van der Waals surface area contributed by atoms with Crippen molar-refractivity contribution in [1.29, 1.82) is 0 Å². The van der Waals surface area contributed by atoms with Crippen molar-refractivity contribution in [1.82, 2.24) is 20.1 Å². The number of rotatable bonds is 6. The van der Waals surface area contributed by atoms with Crippen molar-refractivity contribution in [2.75, 3.05) is 38.0 Å². The van der Waals surface area contributed by atoms with Gasteiger partial charge in [-0.05, 0) is 43.2 Å². The van der Waals surface area contributed by atoms with Gasteiger partial charge in [0, 0.05) is 37.6 Å². The summed E-state index contributed by atoms with van der Waals surface area (Å²) in [4.78, 5) is 34.3. The maximum absolute atomic E-state index is 13.0. The van der Waals surface area contributed by atoms with Crippen molar-refractivity contribution in [2.45, 2.75) is 63.5 Å². The summed E-state index contributed by atoms with van der Waals surface area (Å²) in [5, 5.41) is 9.48. The Kier molecular flexibility index (Phi) is 7.45. The summed E-state index contributed by atoms with van der Waals surface area (Å²) in [5.41, 5.74) is 3.15. The van der Waals surface area contributed by atoms with Crippen LogP contribution >= 0.6 is 11.3 Å². The van der Waals surface area contributed by atoms with E-state index in [2.05, 4.69) is 44.8 Å². The molecule has 1 aromatic heterocycles. The van der Waals surface area contributed by atoms with Gasteiger partial charge in [-0.15, -0.1) is 11.3 Å². The third-order valence-corrected chi connectivity index (χ3v) is 8.16. The van der Waals surface area contributed by atoms with Crippen LogP contribution in [0.5, 0.6) is 0 Å². The van der Waals surface area contributed by atoms with Crippen LogP contribution in [0.25, 0.3) is 0 Å². The Bertz CT molecular complexity index is 995. The van der Waals surface area contributed by atoms with E-state index in [9.17, 15) is 9.59 Å². The lowest BCUT2D eigenvalue weighted by molar-refractivity contribution is -0.123. The number of carbonyl (C=O) groups excluding carboxylic acids is 2. The number of piperazine rings is 1. The Balaban J connectivity index is 1.08. The van der Waals surface area contributed by atoms with Crippen LogP contribution in [-0.2, 0) is 11.2 Å². The second-order valence-corrected chi connectivity index (χ2v) is 10.7. The van der Waals surface area contributed by atoms with Gasteiger partial charge in [-0.1, -0.05) is 43.5 Å². The molecule has 34 heavy (non-hydrogen) atoms. The highest BCUT2D eigenvalue weighted by atomic mass is 32.1. The Morgan fingerprint density at radius 1 is 1.00 bits per heavy atom. The Morgan fingerprint density at radius 3 is 2.62 bits per heavy atom. The normalized spacial score (nSPS) is 21.6. The molecule has 0 spiro atoms. The van der Waals surface area contributed by atoms with Gasteiger partial charge in [-0.2, -0.15) is 0 Å². The Labute approximate surface area is 205 Å². The van der Waals surface area contributed by atoms with E-state index < -0.39 is 0 Å². The fourth-order valence-corrected chi connectivity index (χ4v) is 6.24. The zero-order valence-electron chi connectivity index (χ0n) is 19.8. The maximum atomic E-state index is 13.0. The highest BCUT2D eigenvalue weighted by molar-refractivity contribution is 7.13. The standard InChI is InChI=1S/C26H35N5O2S/c32-24(28-22-12-6-8-19-7-4-5-11-21(19)22)17-30-13-15-31(16-14-30)25(33)23-18-34-26(29-23)27-20-9-2-1-3-10-20/h4-5,7,11,18,20,22H,1-3,6,8-10,12-17H2,(H,27,29)(H,28,32). The molecule has 1 saturated heterocycles. The molecule has 2 aromatic rings. The van der Waals surface area contributed by atoms with Gasteiger partial charge in [0.25, 0.3) is 5.91 Å². The van der Waals surface area contributed by atoms with Gasteiger partial charge in [0.2, 0.25) is 5.91 Å². The van der Waals surface area contributed by atoms with Gasteiger partial charge in [0.05, 0.1) is 12.6 Å². The minimum Gasteiger partial charge on any atom is -0.359 e. The average Bonchev–Trinajstić information content (AvgIpc) is 3.33. The van der Waals surface area contributed by atoms with Crippen LogP contribution in [0, 0.1) is 0 Å². The zero-order chi connectivity index (χ0) is 23.3. The van der Waals surface area contributed by atoms with Gasteiger partial charge in [0.15, 0.2) is 5.13 Å². The molecule has 5 rings (SSSR count). The summed E-state index contributed by atoms with van der Waals surface area (Å²) in [6.45, 7) is 3.05. The number of thiazole rings is 1. The van der Waals surface area contributed by atoms with Crippen LogP contribution in [0.15, 0.2) is 29.6 Å². The molecule has 8 heteroatoms. The van der Waals surface area contributed by atoms with Crippen molar-refractivity contribution in [3.05, 3.63) is 46.5 Å². The molecular weight excluding hydrogens is 446 g/mol. The molecule has 1 aromatic carbocycles. The minimum atomic E-state index is -0.00383. The van der Waals surface area contributed by atoms with Crippen LogP contribution in [0.4, 0.5) is 5.13 Å². The molecule has 2 aliphatic carbocycles. The number of benzene rings is 1. The number of anilines is 1. The lowest BCUT2D eigenvalue weighted by atomic mass is 9.88. The lowest BCUT2D eigenvalue weighted by Gasteiger charge is -2.34. The third-order valence-electron chi connectivity index (χ3n) is 7.39. The fraction of sp³-hybridized carbons (Fsp3) is 0.577. The summed E-state index contributed by atoms with van der Waals surface area (Å²) in [7, 11) is 0. The zero-order valence-corrected chi connectivity index (χ0v) is 20.6. The molecule has 1 saturated carbocycles. The predicted octanol–water partition coefficient (Wildman–Crippen LogP) is 3.84. The third kappa shape index (κ3) is 5.61. The second kappa shape index (κ2) is 10.9. The summed E-state index contributed by atoms with van der Waals surface area (Å²) in [6.07, 6.45) is 9.43. The van der Waals surface area contributed by atoms with E-state index in [1.54, 1.807) is 0 Å². The van der Waals surface area contributed by atoms with Crippen molar-refractivity contribution < 1.29 is 9.59 Å². The SMILES string of the molecule is O=C(CN1CCN(C(=O)c2csc(NC3CCCCC3)n2)CC1)NC1CCCc2ccccc21. The first-order valence-corrected chi connectivity index (χ1v) is 13.6. The molecular formula is C26H35N5O2S. The summed E-state index contributed by atoms with van der Waals surface area (Å²) < 4.78 is 0. The molecule has 2 amide bonds. The van der Waals surface area contributed by atoms with Crippen molar-refractivity contribution in [2.24, 2.45) is 0 Å². The van der Waals surface area contributed by atoms with Crippen LogP contribution < -0.4 is 10.6 Å². The molecule has 182 valence electrons. The molecule has 2 heterocycles. The first kappa shape index (κ1) is 23.3.